The van der Waals surface area contributed by atoms with Gasteiger partial charge < -0.3 is 14.8 Å². The van der Waals surface area contributed by atoms with Gasteiger partial charge in [-0.2, -0.15) is 0 Å². The normalized spacial score (nSPS) is 15.3. The van der Waals surface area contributed by atoms with Gasteiger partial charge in [-0.05, 0) is 67.9 Å². The highest BCUT2D eigenvalue weighted by Crippen LogP contribution is 2.37. The number of amides is 1. The van der Waals surface area contributed by atoms with Gasteiger partial charge in [0.15, 0.2) is 6.10 Å². The molecular weight excluding hydrogens is 476 g/mol. The van der Waals surface area contributed by atoms with Crippen molar-refractivity contribution >= 4 is 33.2 Å². The van der Waals surface area contributed by atoms with Gasteiger partial charge in [-0.15, -0.1) is 0 Å². The van der Waals surface area contributed by atoms with Crippen LogP contribution in [0.5, 0.6) is 11.5 Å². The van der Waals surface area contributed by atoms with Crippen molar-refractivity contribution in [3.63, 3.8) is 0 Å². The second-order valence-corrected chi connectivity index (χ2v) is 10.3. The van der Waals surface area contributed by atoms with Crippen molar-refractivity contribution in [1.29, 1.82) is 0 Å². The molecule has 1 atom stereocenters. The third-order valence-electron chi connectivity index (χ3n) is 5.37. The van der Waals surface area contributed by atoms with Crippen LogP contribution in [0.4, 0.5) is 5.69 Å². The molecule has 0 saturated carbocycles. The quantitative estimate of drug-likeness (QED) is 0.493. The van der Waals surface area contributed by atoms with Crippen LogP contribution in [0.15, 0.2) is 71.6 Å². The average Bonchev–Trinajstić information content (AvgIpc) is 2.82. The van der Waals surface area contributed by atoms with Gasteiger partial charge in [0.2, 0.25) is 0 Å². The molecule has 7 nitrogen and oxygen atoms in total. The molecular formula is C25H25ClN2O5S. The van der Waals surface area contributed by atoms with Crippen molar-refractivity contribution in [2.75, 3.05) is 24.0 Å². The number of hydrogen-bond donors (Lipinski definition) is 1. The number of sulfonamides is 1. The standard InChI is InChI=1S/C25H25ClN2O5S/c1-17-3-10-21(11-4-17)34(30,31)28-16-24(33-23-12-5-18(2)15-22(23)28)25(29)27-13-14-32-20-8-6-19(26)7-9-20/h3-12,15,24H,13-14,16H2,1-2H3,(H,27,29)/t24-/m1/s1. The number of aryl methyl sites for hydroxylation is 2. The van der Waals surface area contributed by atoms with Crippen LogP contribution in [0.3, 0.4) is 0 Å². The number of rotatable bonds is 7. The first kappa shape index (κ1) is 23.9. The summed E-state index contributed by atoms with van der Waals surface area (Å²) in [7, 11) is -3.90. The summed E-state index contributed by atoms with van der Waals surface area (Å²) >= 11 is 5.86. The molecule has 1 amide bonds. The van der Waals surface area contributed by atoms with Crippen LogP contribution in [-0.4, -0.2) is 40.1 Å². The maximum absolute atomic E-state index is 13.5. The summed E-state index contributed by atoms with van der Waals surface area (Å²) in [6, 6.07) is 18.8. The van der Waals surface area contributed by atoms with Gasteiger partial charge in [-0.1, -0.05) is 35.4 Å². The maximum Gasteiger partial charge on any atom is 0.264 e. The van der Waals surface area contributed by atoms with Crippen molar-refractivity contribution in [3.8, 4) is 11.5 Å². The van der Waals surface area contributed by atoms with Crippen molar-refractivity contribution in [3.05, 3.63) is 82.9 Å². The first-order chi connectivity index (χ1) is 16.2. The smallest absolute Gasteiger partial charge is 0.264 e. The molecule has 0 saturated heterocycles. The molecule has 4 rings (SSSR count). The van der Waals surface area contributed by atoms with Crippen LogP contribution >= 0.6 is 11.6 Å². The van der Waals surface area contributed by atoms with E-state index in [4.69, 9.17) is 21.1 Å². The molecule has 34 heavy (non-hydrogen) atoms. The molecule has 1 aliphatic rings. The lowest BCUT2D eigenvalue weighted by Gasteiger charge is -2.35. The summed E-state index contributed by atoms with van der Waals surface area (Å²) in [5, 5.41) is 3.37. The third-order valence-corrected chi connectivity index (χ3v) is 7.41. The zero-order valence-electron chi connectivity index (χ0n) is 18.8. The van der Waals surface area contributed by atoms with E-state index in [9.17, 15) is 13.2 Å². The second-order valence-electron chi connectivity index (χ2n) is 8.02. The van der Waals surface area contributed by atoms with Crippen molar-refractivity contribution in [1.82, 2.24) is 5.32 Å². The van der Waals surface area contributed by atoms with Gasteiger partial charge in [0.25, 0.3) is 15.9 Å². The number of carbonyl (C=O) groups excluding carboxylic acids is 1. The lowest BCUT2D eigenvalue weighted by atomic mass is 10.1. The van der Waals surface area contributed by atoms with Crippen LogP contribution in [0, 0.1) is 13.8 Å². The zero-order chi connectivity index (χ0) is 24.3. The number of benzene rings is 3. The molecule has 0 aromatic heterocycles. The van der Waals surface area contributed by atoms with Crippen molar-refractivity contribution < 1.29 is 22.7 Å². The summed E-state index contributed by atoms with van der Waals surface area (Å²) in [5.74, 6) is 0.548. The summed E-state index contributed by atoms with van der Waals surface area (Å²) in [6.45, 7) is 4.09. The topological polar surface area (TPSA) is 84.9 Å². The van der Waals surface area contributed by atoms with E-state index in [0.717, 1.165) is 11.1 Å². The SMILES string of the molecule is Cc1ccc(S(=O)(=O)N2C[C@H](C(=O)NCCOc3ccc(Cl)cc3)Oc3ccc(C)cc32)cc1. The Kier molecular flexibility index (Phi) is 7.00. The highest BCUT2D eigenvalue weighted by atomic mass is 35.5. The molecule has 1 heterocycles. The summed E-state index contributed by atoms with van der Waals surface area (Å²) in [4.78, 5) is 13.0. The fraction of sp³-hybridized carbons (Fsp3) is 0.240. The van der Waals surface area contributed by atoms with Gasteiger partial charge in [0, 0.05) is 5.02 Å². The van der Waals surface area contributed by atoms with Gasteiger partial charge in [-0.25, -0.2) is 8.42 Å². The minimum Gasteiger partial charge on any atom is -0.492 e. The highest BCUT2D eigenvalue weighted by molar-refractivity contribution is 7.92. The van der Waals surface area contributed by atoms with Gasteiger partial charge >= 0.3 is 0 Å². The molecule has 3 aromatic rings. The van der Waals surface area contributed by atoms with E-state index >= 15 is 0 Å². The minimum absolute atomic E-state index is 0.142. The summed E-state index contributed by atoms with van der Waals surface area (Å²) < 4.78 is 39.7. The first-order valence-corrected chi connectivity index (χ1v) is 12.6. The number of anilines is 1. The molecule has 178 valence electrons. The van der Waals surface area contributed by atoms with Gasteiger partial charge in [0.05, 0.1) is 23.7 Å². The highest BCUT2D eigenvalue weighted by Gasteiger charge is 2.37. The Bertz CT molecular complexity index is 1280. The van der Waals surface area contributed by atoms with E-state index in [1.54, 1.807) is 60.7 Å². The molecule has 0 bridgehead atoms. The molecule has 3 aromatic carbocycles. The van der Waals surface area contributed by atoms with E-state index in [2.05, 4.69) is 5.32 Å². The summed E-state index contributed by atoms with van der Waals surface area (Å²) in [5.41, 5.74) is 2.25. The van der Waals surface area contributed by atoms with Crippen LogP contribution in [-0.2, 0) is 14.8 Å². The van der Waals surface area contributed by atoms with Crippen molar-refractivity contribution in [2.45, 2.75) is 24.8 Å². The Hall–Kier alpha value is -3.23. The fourth-order valence-electron chi connectivity index (χ4n) is 3.55. The Morgan fingerprint density at radius 2 is 1.74 bits per heavy atom. The number of halogens is 1. The van der Waals surface area contributed by atoms with E-state index in [-0.39, 0.29) is 24.6 Å². The van der Waals surface area contributed by atoms with Crippen LogP contribution in [0.2, 0.25) is 5.02 Å². The third kappa shape index (κ3) is 5.29. The van der Waals surface area contributed by atoms with E-state index in [1.807, 2.05) is 19.9 Å². The Morgan fingerprint density at radius 1 is 1.06 bits per heavy atom. The molecule has 0 spiro atoms. The number of fused-ring (bicyclic) bond motifs is 1. The monoisotopic (exact) mass is 500 g/mol. The zero-order valence-corrected chi connectivity index (χ0v) is 20.4. The van der Waals surface area contributed by atoms with Gasteiger partial charge in [-0.3, -0.25) is 9.10 Å². The number of nitrogens with zero attached hydrogens (tertiary/aromatic N) is 1. The molecule has 1 N–H and O–H groups in total. The average molecular weight is 501 g/mol. The second kappa shape index (κ2) is 9.95. The predicted molar refractivity (Wildman–Crippen MR) is 131 cm³/mol. The van der Waals surface area contributed by atoms with Crippen LogP contribution in [0.1, 0.15) is 11.1 Å². The van der Waals surface area contributed by atoms with E-state index in [1.165, 1.54) is 4.31 Å². The molecule has 0 radical (unpaired) electrons. The fourth-order valence-corrected chi connectivity index (χ4v) is 5.14. The molecule has 0 unspecified atom stereocenters. The van der Waals surface area contributed by atoms with Gasteiger partial charge in [0.1, 0.15) is 18.1 Å². The minimum atomic E-state index is -3.90. The Balaban J connectivity index is 1.49. The lowest BCUT2D eigenvalue weighted by Crippen LogP contribution is -2.51. The van der Waals surface area contributed by atoms with E-state index in [0.29, 0.717) is 22.2 Å². The largest absolute Gasteiger partial charge is 0.492 e. The molecule has 0 aliphatic carbocycles. The first-order valence-electron chi connectivity index (χ1n) is 10.8. The number of nitrogens with one attached hydrogen (secondary N) is 1. The maximum atomic E-state index is 13.5. The number of ether oxygens (including phenoxy) is 2. The Labute approximate surface area is 204 Å². The van der Waals surface area contributed by atoms with Crippen molar-refractivity contribution in [2.24, 2.45) is 0 Å². The summed E-state index contributed by atoms with van der Waals surface area (Å²) in [6.07, 6.45) is -1.01. The molecule has 9 heteroatoms. The predicted octanol–water partition coefficient (Wildman–Crippen LogP) is 4.11. The van der Waals surface area contributed by atoms with E-state index < -0.39 is 22.0 Å². The number of carbonyl (C=O) groups is 1. The van der Waals surface area contributed by atoms with Crippen LogP contribution in [0.25, 0.3) is 0 Å². The van der Waals surface area contributed by atoms with Crippen LogP contribution < -0.4 is 19.1 Å². The Morgan fingerprint density at radius 3 is 2.44 bits per heavy atom. The number of hydrogen-bond acceptors (Lipinski definition) is 5. The lowest BCUT2D eigenvalue weighted by molar-refractivity contribution is -0.127. The molecule has 1 aliphatic heterocycles. The molecule has 0 fully saturated rings.